The summed E-state index contributed by atoms with van der Waals surface area (Å²) in [6.45, 7) is 2.03. The number of aliphatic carboxylic acids is 2. The smallest absolute Gasteiger partial charge is 0.303 e. The van der Waals surface area contributed by atoms with Crippen LogP contribution in [0.2, 0.25) is 0 Å². The molecule has 0 aromatic heterocycles. The predicted molar refractivity (Wildman–Crippen MR) is 67.7 cm³/mol. The van der Waals surface area contributed by atoms with Crippen molar-refractivity contribution in [3.05, 3.63) is 35.4 Å². The van der Waals surface area contributed by atoms with Gasteiger partial charge in [0, 0.05) is 6.42 Å². The van der Waals surface area contributed by atoms with Crippen LogP contribution in [-0.4, -0.2) is 22.2 Å². The fraction of sp³-hybridized carbons (Fsp3) is 0.429. The maximum absolute atomic E-state index is 10.8. The van der Waals surface area contributed by atoms with Gasteiger partial charge in [-0.3, -0.25) is 9.59 Å². The zero-order valence-corrected chi connectivity index (χ0v) is 10.4. The number of rotatable bonds is 7. The van der Waals surface area contributed by atoms with E-state index < -0.39 is 11.9 Å². The molecule has 18 heavy (non-hydrogen) atoms. The average Bonchev–Trinajstić information content (AvgIpc) is 2.34. The fourth-order valence-corrected chi connectivity index (χ4v) is 1.96. The largest absolute Gasteiger partial charge is 0.481 e. The first-order valence-electron chi connectivity index (χ1n) is 6.05. The van der Waals surface area contributed by atoms with Gasteiger partial charge in [0.15, 0.2) is 0 Å². The Labute approximate surface area is 106 Å². The highest BCUT2D eigenvalue weighted by atomic mass is 16.4. The van der Waals surface area contributed by atoms with Gasteiger partial charge < -0.3 is 10.2 Å². The molecule has 0 radical (unpaired) electrons. The molecule has 0 amide bonds. The molecule has 0 aliphatic heterocycles. The highest BCUT2D eigenvalue weighted by Gasteiger charge is 2.17. The third kappa shape index (κ3) is 4.57. The Morgan fingerprint density at radius 2 is 1.94 bits per heavy atom. The van der Waals surface area contributed by atoms with Crippen LogP contribution in [0.5, 0.6) is 0 Å². The maximum atomic E-state index is 10.8. The minimum atomic E-state index is -0.896. The summed E-state index contributed by atoms with van der Waals surface area (Å²) in [6, 6.07) is 7.71. The molecule has 0 heterocycles. The first-order valence-corrected chi connectivity index (χ1v) is 6.05. The van der Waals surface area contributed by atoms with Crippen molar-refractivity contribution in [2.24, 2.45) is 0 Å². The molecule has 0 aliphatic carbocycles. The van der Waals surface area contributed by atoms with Crippen molar-refractivity contribution in [2.45, 2.75) is 38.5 Å². The van der Waals surface area contributed by atoms with Gasteiger partial charge >= 0.3 is 11.9 Å². The summed E-state index contributed by atoms with van der Waals surface area (Å²) in [4.78, 5) is 21.4. The number of hydrogen-bond donors (Lipinski definition) is 2. The average molecular weight is 250 g/mol. The number of hydrogen-bond acceptors (Lipinski definition) is 2. The second-order valence-corrected chi connectivity index (χ2v) is 4.33. The molecule has 1 atom stereocenters. The second-order valence-electron chi connectivity index (χ2n) is 4.33. The Kier molecular flexibility index (Phi) is 5.36. The minimum Gasteiger partial charge on any atom is -0.481 e. The molecule has 0 spiro atoms. The van der Waals surface area contributed by atoms with Crippen LogP contribution in [-0.2, 0) is 16.0 Å². The quantitative estimate of drug-likeness (QED) is 0.780. The molecule has 0 saturated heterocycles. The summed E-state index contributed by atoms with van der Waals surface area (Å²) in [5.74, 6) is -2.02. The Morgan fingerprint density at radius 3 is 2.50 bits per heavy atom. The van der Waals surface area contributed by atoms with Crippen LogP contribution in [0.3, 0.4) is 0 Å². The summed E-state index contributed by atoms with van der Waals surface area (Å²) in [7, 11) is 0. The van der Waals surface area contributed by atoms with Crippen molar-refractivity contribution < 1.29 is 19.8 Å². The lowest BCUT2D eigenvalue weighted by molar-refractivity contribution is -0.139. The van der Waals surface area contributed by atoms with Crippen LogP contribution in [0, 0.1) is 0 Å². The van der Waals surface area contributed by atoms with E-state index in [0.717, 1.165) is 17.5 Å². The van der Waals surface area contributed by atoms with Gasteiger partial charge in [0.2, 0.25) is 0 Å². The van der Waals surface area contributed by atoms with Gasteiger partial charge in [-0.15, -0.1) is 0 Å². The van der Waals surface area contributed by atoms with E-state index in [4.69, 9.17) is 10.2 Å². The van der Waals surface area contributed by atoms with Gasteiger partial charge in [-0.1, -0.05) is 31.2 Å². The van der Waals surface area contributed by atoms with Gasteiger partial charge in [0.25, 0.3) is 0 Å². The van der Waals surface area contributed by atoms with Crippen molar-refractivity contribution in [3.63, 3.8) is 0 Å². The summed E-state index contributed by atoms with van der Waals surface area (Å²) >= 11 is 0. The van der Waals surface area contributed by atoms with Gasteiger partial charge in [-0.05, 0) is 29.9 Å². The number of aryl methyl sites for hydroxylation is 1. The maximum Gasteiger partial charge on any atom is 0.303 e. The van der Waals surface area contributed by atoms with Gasteiger partial charge in [-0.25, -0.2) is 0 Å². The normalized spacial score (nSPS) is 12.1. The highest BCUT2D eigenvalue weighted by molar-refractivity contribution is 5.69. The fourth-order valence-electron chi connectivity index (χ4n) is 1.96. The molecule has 1 rings (SSSR count). The topological polar surface area (TPSA) is 74.6 Å². The van der Waals surface area contributed by atoms with Crippen LogP contribution in [0.1, 0.15) is 43.2 Å². The first kappa shape index (κ1) is 14.2. The van der Waals surface area contributed by atoms with Crippen LogP contribution < -0.4 is 0 Å². The van der Waals surface area contributed by atoms with Crippen LogP contribution in [0.25, 0.3) is 0 Å². The molecule has 2 N–H and O–H groups in total. The summed E-state index contributed by atoms with van der Waals surface area (Å²) in [6.07, 6.45) is 1.20. The molecule has 98 valence electrons. The molecule has 1 unspecified atom stereocenters. The summed E-state index contributed by atoms with van der Waals surface area (Å²) in [5.41, 5.74) is 2.05. The van der Waals surface area contributed by atoms with Crippen molar-refractivity contribution >= 4 is 11.9 Å². The lowest BCUT2D eigenvalue weighted by Gasteiger charge is -2.15. The zero-order chi connectivity index (χ0) is 13.5. The third-order valence-corrected chi connectivity index (χ3v) is 2.96. The number of carboxylic acids is 2. The summed E-state index contributed by atoms with van der Waals surface area (Å²) in [5, 5.41) is 17.6. The highest BCUT2D eigenvalue weighted by Crippen LogP contribution is 2.26. The van der Waals surface area contributed by atoms with E-state index in [0.29, 0.717) is 6.42 Å². The van der Waals surface area contributed by atoms with E-state index >= 15 is 0 Å². The molecule has 4 heteroatoms. The minimum absolute atomic E-state index is 0.00566. The third-order valence-electron chi connectivity index (χ3n) is 2.96. The van der Waals surface area contributed by atoms with Gasteiger partial charge in [0.05, 0.1) is 6.42 Å². The molecule has 1 aromatic carbocycles. The summed E-state index contributed by atoms with van der Waals surface area (Å²) < 4.78 is 0. The van der Waals surface area contributed by atoms with Crippen molar-refractivity contribution in [2.75, 3.05) is 0 Å². The van der Waals surface area contributed by atoms with Crippen molar-refractivity contribution in [3.8, 4) is 0 Å². The molecule has 0 aliphatic rings. The SMILES string of the molecule is CCc1cccc(C(CCC(=O)O)CC(=O)O)c1. The standard InChI is InChI=1S/C14H18O4/c1-2-10-4-3-5-11(8-10)12(9-14(17)18)6-7-13(15)16/h3-5,8,12H,2,6-7,9H2,1H3,(H,15,16)(H,17,18). The van der Waals surface area contributed by atoms with Crippen LogP contribution >= 0.6 is 0 Å². The monoisotopic (exact) mass is 250 g/mol. The van der Waals surface area contributed by atoms with E-state index in [1.165, 1.54) is 0 Å². The Balaban J connectivity index is 2.85. The Bertz CT molecular complexity index is 426. The lowest BCUT2D eigenvalue weighted by atomic mass is 9.90. The molecule has 4 nitrogen and oxygen atoms in total. The van der Waals surface area contributed by atoms with Crippen LogP contribution in [0.4, 0.5) is 0 Å². The Morgan fingerprint density at radius 1 is 1.22 bits per heavy atom. The second kappa shape index (κ2) is 6.79. The number of carbonyl (C=O) groups is 2. The zero-order valence-electron chi connectivity index (χ0n) is 10.4. The number of carboxylic acid groups (broad SMARTS) is 2. The molecule has 0 saturated carbocycles. The lowest BCUT2D eigenvalue weighted by Crippen LogP contribution is -2.09. The predicted octanol–water partition coefficient (Wildman–Crippen LogP) is 2.67. The molecule has 0 bridgehead atoms. The molecule has 0 fully saturated rings. The van der Waals surface area contributed by atoms with E-state index in [1.54, 1.807) is 0 Å². The number of benzene rings is 1. The van der Waals surface area contributed by atoms with E-state index in [-0.39, 0.29) is 18.8 Å². The first-order chi connectivity index (χ1) is 8.52. The molecular weight excluding hydrogens is 232 g/mol. The van der Waals surface area contributed by atoms with Crippen LogP contribution in [0.15, 0.2) is 24.3 Å². The molecular formula is C14H18O4. The Hall–Kier alpha value is -1.84. The van der Waals surface area contributed by atoms with Crippen molar-refractivity contribution in [1.29, 1.82) is 0 Å². The molecule has 1 aromatic rings. The van der Waals surface area contributed by atoms with E-state index in [9.17, 15) is 9.59 Å². The van der Waals surface area contributed by atoms with Crippen molar-refractivity contribution in [1.82, 2.24) is 0 Å². The van der Waals surface area contributed by atoms with Gasteiger partial charge in [-0.2, -0.15) is 0 Å². The van der Waals surface area contributed by atoms with E-state index in [2.05, 4.69) is 0 Å². The van der Waals surface area contributed by atoms with Gasteiger partial charge in [0.1, 0.15) is 0 Å². The van der Waals surface area contributed by atoms with E-state index in [1.807, 2.05) is 31.2 Å².